The van der Waals surface area contributed by atoms with Crippen molar-refractivity contribution in [2.24, 2.45) is 0 Å². The predicted molar refractivity (Wildman–Crippen MR) is 66.6 cm³/mol. The van der Waals surface area contributed by atoms with Gasteiger partial charge in [0.1, 0.15) is 0 Å². The van der Waals surface area contributed by atoms with E-state index in [0.29, 0.717) is 0 Å². The van der Waals surface area contributed by atoms with Gasteiger partial charge in [-0.15, -0.1) is 0 Å². The van der Waals surface area contributed by atoms with Crippen LogP contribution in [0.4, 0.5) is 0 Å². The van der Waals surface area contributed by atoms with Crippen LogP contribution in [0.15, 0.2) is 24.3 Å². The largest absolute Gasteiger partial charge is 0.0914 e. The van der Waals surface area contributed by atoms with Crippen molar-refractivity contribution in [2.45, 2.75) is 65.2 Å². The van der Waals surface area contributed by atoms with Gasteiger partial charge in [-0.3, -0.25) is 0 Å². The molecule has 0 rings (SSSR count). The van der Waals surface area contributed by atoms with Crippen molar-refractivity contribution in [1.82, 2.24) is 0 Å². The smallest absolute Gasteiger partial charge is 0.0169 e. The summed E-state index contributed by atoms with van der Waals surface area (Å²) in [5.74, 6) is 0. The van der Waals surface area contributed by atoms with Gasteiger partial charge in [0, 0.05) is 0 Å². The highest BCUT2D eigenvalue weighted by Gasteiger charge is 1.87. The summed E-state index contributed by atoms with van der Waals surface area (Å²) in [6.07, 6.45) is 19.7. The lowest BCUT2D eigenvalue weighted by Crippen LogP contribution is -1.77. The minimum absolute atomic E-state index is 1.10. The summed E-state index contributed by atoms with van der Waals surface area (Å²) in [6, 6.07) is 0. The van der Waals surface area contributed by atoms with Crippen LogP contribution in [-0.4, -0.2) is 0 Å². The molecule has 0 atom stereocenters. The molecule has 0 radical (unpaired) electrons. The zero-order valence-corrected chi connectivity index (χ0v) is 9.97. The van der Waals surface area contributed by atoms with Crippen molar-refractivity contribution >= 4 is 0 Å². The fourth-order valence-electron chi connectivity index (χ4n) is 1.47. The molecule has 0 aliphatic heterocycles. The first-order valence-electron chi connectivity index (χ1n) is 6.18. The van der Waals surface area contributed by atoms with Gasteiger partial charge in [0.25, 0.3) is 0 Å². The van der Waals surface area contributed by atoms with E-state index in [9.17, 15) is 0 Å². The lowest BCUT2D eigenvalue weighted by atomic mass is 10.1. The molecule has 14 heavy (non-hydrogen) atoms. The Labute approximate surface area is 90.1 Å². The Morgan fingerprint density at radius 3 is 2.21 bits per heavy atom. The summed E-state index contributed by atoms with van der Waals surface area (Å²) in [5.41, 5.74) is 0. The van der Waals surface area contributed by atoms with Crippen LogP contribution in [0.1, 0.15) is 65.2 Å². The minimum atomic E-state index is 1.10. The summed E-state index contributed by atoms with van der Waals surface area (Å²) in [4.78, 5) is 0. The topological polar surface area (TPSA) is 0 Å². The Morgan fingerprint density at radius 2 is 1.50 bits per heavy atom. The number of unbranched alkanes of at least 4 members (excludes halogenated alkanes) is 6. The van der Waals surface area contributed by atoms with Crippen molar-refractivity contribution in [2.75, 3.05) is 0 Å². The summed E-state index contributed by atoms with van der Waals surface area (Å²) >= 11 is 0. The van der Waals surface area contributed by atoms with E-state index in [-0.39, 0.29) is 0 Å². The van der Waals surface area contributed by atoms with Gasteiger partial charge in [0.2, 0.25) is 0 Å². The maximum Gasteiger partial charge on any atom is -0.0169 e. The molecule has 0 aromatic heterocycles. The fourth-order valence-corrected chi connectivity index (χ4v) is 1.47. The van der Waals surface area contributed by atoms with Crippen LogP contribution in [0.25, 0.3) is 0 Å². The molecule has 0 heterocycles. The van der Waals surface area contributed by atoms with Crippen molar-refractivity contribution in [1.29, 1.82) is 0 Å². The Balaban J connectivity index is 3.01. The molecule has 0 aliphatic rings. The molecule has 0 N–H and O–H groups in total. The molecular formula is C14H26. The maximum absolute atomic E-state index is 2.32. The van der Waals surface area contributed by atoms with Gasteiger partial charge >= 0.3 is 0 Å². The van der Waals surface area contributed by atoms with E-state index in [2.05, 4.69) is 38.2 Å². The highest BCUT2D eigenvalue weighted by Crippen LogP contribution is 2.07. The highest BCUT2D eigenvalue weighted by molar-refractivity contribution is 4.91. The van der Waals surface area contributed by atoms with E-state index in [1.807, 2.05) is 0 Å². The monoisotopic (exact) mass is 194 g/mol. The first kappa shape index (κ1) is 13.5. The minimum Gasteiger partial charge on any atom is -0.0914 e. The second-order valence-electron chi connectivity index (χ2n) is 3.83. The Kier molecular flexibility index (Phi) is 12.0. The molecule has 0 saturated carbocycles. The summed E-state index contributed by atoms with van der Waals surface area (Å²) in [5, 5.41) is 0. The third-order valence-corrected chi connectivity index (χ3v) is 2.40. The van der Waals surface area contributed by atoms with Gasteiger partial charge in [0.05, 0.1) is 0 Å². The van der Waals surface area contributed by atoms with Crippen LogP contribution in [0.5, 0.6) is 0 Å². The second kappa shape index (κ2) is 12.5. The predicted octanol–water partition coefficient (Wildman–Crippen LogP) is 5.26. The Bertz CT molecular complexity index is 142. The molecule has 0 unspecified atom stereocenters. The first-order chi connectivity index (χ1) is 6.91. The van der Waals surface area contributed by atoms with Gasteiger partial charge in [-0.25, -0.2) is 0 Å². The van der Waals surface area contributed by atoms with Crippen LogP contribution in [0, 0.1) is 0 Å². The quantitative estimate of drug-likeness (QED) is 0.347. The SMILES string of the molecule is C/C=C\CC=CCCCCCCCC. The van der Waals surface area contributed by atoms with Crippen LogP contribution in [-0.2, 0) is 0 Å². The Morgan fingerprint density at radius 1 is 0.786 bits per heavy atom. The molecule has 0 amide bonds. The normalized spacial score (nSPS) is 11.9. The average molecular weight is 194 g/mol. The molecule has 0 bridgehead atoms. The lowest BCUT2D eigenvalue weighted by Gasteiger charge is -1.97. The van der Waals surface area contributed by atoms with E-state index in [1.165, 1.54) is 44.9 Å². The molecule has 0 spiro atoms. The Hall–Kier alpha value is -0.520. The van der Waals surface area contributed by atoms with Crippen molar-refractivity contribution in [3.8, 4) is 0 Å². The van der Waals surface area contributed by atoms with E-state index >= 15 is 0 Å². The van der Waals surface area contributed by atoms with E-state index < -0.39 is 0 Å². The van der Waals surface area contributed by atoms with Gasteiger partial charge in [-0.2, -0.15) is 0 Å². The van der Waals surface area contributed by atoms with Crippen LogP contribution in [0.3, 0.4) is 0 Å². The van der Waals surface area contributed by atoms with Crippen LogP contribution in [0.2, 0.25) is 0 Å². The van der Waals surface area contributed by atoms with Crippen molar-refractivity contribution in [3.05, 3.63) is 24.3 Å². The average Bonchev–Trinajstić information content (AvgIpc) is 2.21. The molecule has 0 heteroatoms. The number of rotatable bonds is 9. The first-order valence-corrected chi connectivity index (χ1v) is 6.18. The van der Waals surface area contributed by atoms with Gasteiger partial charge in [-0.05, 0) is 26.2 Å². The molecule has 0 aliphatic carbocycles. The standard InChI is InChI=1S/C14H26/c1-3-5-7-9-11-13-14-12-10-8-6-4-2/h3,5,9,11H,4,6-8,10,12-14H2,1-2H3/b5-3-,11-9?. The van der Waals surface area contributed by atoms with Gasteiger partial charge < -0.3 is 0 Å². The second-order valence-corrected chi connectivity index (χ2v) is 3.83. The molecule has 0 aromatic rings. The fraction of sp³-hybridized carbons (Fsp3) is 0.714. The zero-order chi connectivity index (χ0) is 10.5. The molecule has 0 aromatic carbocycles. The van der Waals surface area contributed by atoms with Crippen molar-refractivity contribution < 1.29 is 0 Å². The summed E-state index contributed by atoms with van der Waals surface area (Å²) < 4.78 is 0. The number of hydrogen-bond donors (Lipinski definition) is 0. The van der Waals surface area contributed by atoms with E-state index in [0.717, 1.165) is 6.42 Å². The van der Waals surface area contributed by atoms with Crippen LogP contribution < -0.4 is 0 Å². The van der Waals surface area contributed by atoms with Gasteiger partial charge in [0.15, 0.2) is 0 Å². The van der Waals surface area contributed by atoms with E-state index in [1.54, 1.807) is 0 Å². The molecule has 0 saturated heterocycles. The molecule has 82 valence electrons. The molecule has 0 nitrogen and oxygen atoms in total. The summed E-state index contributed by atoms with van der Waals surface area (Å²) in [7, 11) is 0. The lowest BCUT2D eigenvalue weighted by molar-refractivity contribution is 0.611. The highest BCUT2D eigenvalue weighted by atomic mass is 13.9. The third-order valence-electron chi connectivity index (χ3n) is 2.40. The third kappa shape index (κ3) is 11.5. The number of hydrogen-bond acceptors (Lipinski definition) is 0. The zero-order valence-electron chi connectivity index (χ0n) is 9.97. The summed E-state index contributed by atoms with van der Waals surface area (Å²) in [6.45, 7) is 4.34. The van der Waals surface area contributed by atoms with Crippen molar-refractivity contribution in [3.63, 3.8) is 0 Å². The van der Waals surface area contributed by atoms with E-state index in [4.69, 9.17) is 0 Å². The van der Waals surface area contributed by atoms with Crippen LogP contribution >= 0.6 is 0 Å². The number of allylic oxidation sites excluding steroid dienone is 4. The molecular weight excluding hydrogens is 168 g/mol. The van der Waals surface area contributed by atoms with Gasteiger partial charge in [-0.1, -0.05) is 63.3 Å². The maximum atomic E-state index is 2.32. The molecule has 0 fully saturated rings.